The van der Waals surface area contributed by atoms with Gasteiger partial charge in [0.2, 0.25) is 3.79 Å². The number of aliphatic hydroxyl groups excluding tert-OH is 1. The summed E-state index contributed by atoms with van der Waals surface area (Å²) in [5.74, 6) is 0.738. The number of aliphatic hydroxyl groups is 1. The van der Waals surface area contributed by atoms with Crippen molar-refractivity contribution in [2.75, 3.05) is 6.61 Å². The van der Waals surface area contributed by atoms with Crippen molar-refractivity contribution < 1.29 is 14.6 Å². The molecule has 1 rings (SSSR count). The van der Waals surface area contributed by atoms with E-state index in [1.165, 1.54) is 0 Å². The molecule has 0 aromatic heterocycles. The first kappa shape index (κ1) is 17.7. The Bertz CT molecular complexity index is 529. The van der Waals surface area contributed by atoms with E-state index in [-0.39, 0.29) is 3.79 Å². The molecule has 0 aliphatic carbocycles. The maximum Gasteiger partial charge on any atom is 0.220 e. The monoisotopic (exact) mass is 398 g/mol. The SMILES string of the molecule is C=C/C(=C\C=C/C)COc1ccc(CC(O)C(=O)I)cc1. The predicted molar refractivity (Wildman–Crippen MR) is 93.8 cm³/mol. The molecule has 0 fully saturated rings. The molecular formula is C17H19IO3. The van der Waals surface area contributed by atoms with E-state index < -0.39 is 6.10 Å². The fraction of sp³-hybridized carbons (Fsp3) is 0.235. The molecule has 1 aromatic rings. The lowest BCUT2D eigenvalue weighted by molar-refractivity contribution is -0.116. The zero-order valence-electron chi connectivity index (χ0n) is 12.0. The molecule has 3 nitrogen and oxygen atoms in total. The van der Waals surface area contributed by atoms with Gasteiger partial charge in [0.1, 0.15) is 18.5 Å². The zero-order chi connectivity index (χ0) is 15.7. The van der Waals surface area contributed by atoms with Crippen LogP contribution >= 0.6 is 22.6 Å². The van der Waals surface area contributed by atoms with E-state index in [9.17, 15) is 9.90 Å². The molecule has 4 heteroatoms. The van der Waals surface area contributed by atoms with Gasteiger partial charge in [-0.25, -0.2) is 0 Å². The summed E-state index contributed by atoms with van der Waals surface area (Å²) in [4.78, 5) is 11.0. The number of rotatable bonds is 8. The molecule has 112 valence electrons. The van der Waals surface area contributed by atoms with Gasteiger partial charge in [0.05, 0.1) is 0 Å². The molecule has 1 atom stereocenters. The number of halogens is 1. The van der Waals surface area contributed by atoms with Crippen LogP contribution in [-0.4, -0.2) is 21.6 Å². The molecule has 0 aliphatic heterocycles. The van der Waals surface area contributed by atoms with Crippen molar-refractivity contribution in [1.29, 1.82) is 0 Å². The third kappa shape index (κ3) is 6.73. The number of carbonyl (C=O) groups is 1. The minimum absolute atomic E-state index is 0.252. The molecule has 0 heterocycles. The van der Waals surface area contributed by atoms with E-state index >= 15 is 0 Å². The van der Waals surface area contributed by atoms with Crippen molar-refractivity contribution in [2.24, 2.45) is 0 Å². The van der Waals surface area contributed by atoms with Crippen molar-refractivity contribution in [1.82, 2.24) is 0 Å². The highest BCUT2D eigenvalue weighted by Crippen LogP contribution is 2.15. The number of hydrogen-bond acceptors (Lipinski definition) is 3. The van der Waals surface area contributed by atoms with Gasteiger partial charge in [-0.2, -0.15) is 0 Å². The van der Waals surface area contributed by atoms with Crippen LogP contribution in [0.4, 0.5) is 0 Å². The molecule has 0 radical (unpaired) electrons. The first-order valence-electron chi connectivity index (χ1n) is 6.60. The molecule has 0 spiro atoms. The maximum absolute atomic E-state index is 11.0. The maximum atomic E-state index is 11.0. The Hall–Kier alpha value is -1.40. The summed E-state index contributed by atoms with van der Waals surface area (Å²) in [7, 11) is 0. The third-order valence-electron chi connectivity index (χ3n) is 2.78. The molecule has 1 N–H and O–H groups in total. The summed E-state index contributed by atoms with van der Waals surface area (Å²) in [5, 5.41) is 9.53. The fourth-order valence-electron chi connectivity index (χ4n) is 1.59. The van der Waals surface area contributed by atoms with Crippen LogP contribution in [0.2, 0.25) is 0 Å². The topological polar surface area (TPSA) is 46.5 Å². The molecule has 0 bridgehead atoms. The summed E-state index contributed by atoms with van der Waals surface area (Å²) < 4.78 is 5.41. The van der Waals surface area contributed by atoms with Gasteiger partial charge in [-0.1, -0.05) is 43.0 Å². The van der Waals surface area contributed by atoms with E-state index in [2.05, 4.69) is 6.58 Å². The molecule has 0 aliphatic rings. The van der Waals surface area contributed by atoms with Crippen molar-refractivity contribution in [3.8, 4) is 5.75 Å². The highest BCUT2D eigenvalue weighted by Gasteiger charge is 2.11. The van der Waals surface area contributed by atoms with Crippen molar-refractivity contribution in [3.05, 3.63) is 66.3 Å². The number of carbonyl (C=O) groups excluding carboxylic acids is 1. The van der Waals surface area contributed by atoms with E-state index in [4.69, 9.17) is 4.74 Å². The second-order valence-corrected chi connectivity index (χ2v) is 5.49. The molecule has 1 aromatic carbocycles. The molecular weight excluding hydrogens is 379 g/mol. The summed E-state index contributed by atoms with van der Waals surface area (Å²) >= 11 is 1.60. The van der Waals surface area contributed by atoms with Crippen LogP contribution < -0.4 is 4.74 Å². The second-order valence-electron chi connectivity index (χ2n) is 4.43. The highest BCUT2D eigenvalue weighted by molar-refractivity contribution is 14.1. The number of allylic oxidation sites excluding steroid dienone is 3. The Morgan fingerprint density at radius 1 is 1.43 bits per heavy atom. The highest BCUT2D eigenvalue weighted by atomic mass is 127. The van der Waals surface area contributed by atoms with Crippen LogP contribution in [0.3, 0.4) is 0 Å². The summed E-state index contributed by atoms with van der Waals surface area (Å²) in [6.07, 6.45) is 6.96. The largest absolute Gasteiger partial charge is 0.489 e. The van der Waals surface area contributed by atoms with Crippen LogP contribution in [0.25, 0.3) is 0 Å². The second kappa shape index (κ2) is 9.52. The van der Waals surface area contributed by atoms with Crippen molar-refractivity contribution in [2.45, 2.75) is 19.4 Å². The molecule has 0 amide bonds. The number of hydrogen-bond donors (Lipinski definition) is 1. The summed E-state index contributed by atoms with van der Waals surface area (Å²) in [5.41, 5.74) is 1.89. The van der Waals surface area contributed by atoms with Crippen LogP contribution in [0.15, 0.2) is 60.7 Å². The lowest BCUT2D eigenvalue weighted by Crippen LogP contribution is -2.17. The Balaban J connectivity index is 2.58. The third-order valence-corrected chi connectivity index (χ3v) is 3.50. The zero-order valence-corrected chi connectivity index (χ0v) is 14.1. The molecule has 0 saturated heterocycles. The van der Waals surface area contributed by atoms with E-state index in [0.717, 1.165) is 16.9 Å². The average molecular weight is 398 g/mol. The minimum atomic E-state index is -0.950. The normalized spacial score (nSPS) is 13.2. The molecule has 21 heavy (non-hydrogen) atoms. The Kier molecular flexibility index (Phi) is 8.00. The van der Waals surface area contributed by atoms with Crippen LogP contribution in [-0.2, 0) is 11.2 Å². The van der Waals surface area contributed by atoms with Gasteiger partial charge < -0.3 is 9.84 Å². The smallest absolute Gasteiger partial charge is 0.220 e. The van der Waals surface area contributed by atoms with Gasteiger partial charge in [0.25, 0.3) is 0 Å². The predicted octanol–water partition coefficient (Wildman–Crippen LogP) is 3.62. The molecule has 1 unspecified atom stereocenters. The lowest BCUT2D eigenvalue weighted by Gasteiger charge is -2.09. The Morgan fingerprint density at radius 3 is 2.62 bits per heavy atom. The van der Waals surface area contributed by atoms with Crippen LogP contribution in [0, 0.1) is 0 Å². The van der Waals surface area contributed by atoms with Crippen molar-refractivity contribution in [3.63, 3.8) is 0 Å². The van der Waals surface area contributed by atoms with Gasteiger partial charge in [-0.3, -0.25) is 4.79 Å². The minimum Gasteiger partial charge on any atom is -0.489 e. The van der Waals surface area contributed by atoms with E-state index in [1.807, 2.05) is 49.4 Å². The lowest BCUT2D eigenvalue weighted by atomic mass is 10.1. The first-order valence-corrected chi connectivity index (χ1v) is 7.68. The van der Waals surface area contributed by atoms with Gasteiger partial charge in [-0.05, 0) is 30.2 Å². The summed E-state index contributed by atoms with van der Waals surface area (Å²) in [6.45, 7) is 6.14. The summed E-state index contributed by atoms with van der Waals surface area (Å²) in [6, 6.07) is 7.36. The van der Waals surface area contributed by atoms with E-state index in [1.54, 1.807) is 28.7 Å². The Morgan fingerprint density at radius 2 is 2.10 bits per heavy atom. The fourth-order valence-corrected chi connectivity index (χ4v) is 1.81. The van der Waals surface area contributed by atoms with Crippen molar-refractivity contribution >= 4 is 26.4 Å². The van der Waals surface area contributed by atoms with E-state index in [0.29, 0.717) is 13.0 Å². The van der Waals surface area contributed by atoms with Gasteiger partial charge in [0.15, 0.2) is 0 Å². The van der Waals surface area contributed by atoms with Gasteiger partial charge in [0, 0.05) is 29.0 Å². The number of ether oxygens (including phenoxy) is 1. The number of benzene rings is 1. The van der Waals surface area contributed by atoms with Gasteiger partial charge >= 0.3 is 0 Å². The standard InChI is InChI=1S/C17H19IO3/c1-3-5-6-13(4-2)12-21-15-9-7-14(8-10-15)11-16(19)17(18)20/h3-10,16,19H,2,11-12H2,1H3/b5-3-,13-6+. The quantitative estimate of drug-likeness (QED) is 0.414. The van der Waals surface area contributed by atoms with Crippen LogP contribution in [0.5, 0.6) is 5.75 Å². The van der Waals surface area contributed by atoms with Gasteiger partial charge in [-0.15, -0.1) is 0 Å². The Labute approximate surface area is 139 Å². The first-order chi connectivity index (χ1) is 10.1. The average Bonchev–Trinajstić information content (AvgIpc) is 2.49. The van der Waals surface area contributed by atoms with Crippen LogP contribution in [0.1, 0.15) is 12.5 Å². The molecule has 0 saturated carbocycles.